The summed E-state index contributed by atoms with van der Waals surface area (Å²) >= 11 is 0. The molecule has 3 aromatic rings. The Morgan fingerprint density at radius 3 is 2.55 bits per heavy atom. The van der Waals surface area contributed by atoms with Gasteiger partial charge in [-0.2, -0.15) is 5.10 Å². The number of nitrogens with two attached hydrogens (primary N) is 1. The lowest BCUT2D eigenvalue weighted by atomic mass is 10.1. The standard InChI is InChI=1S/C22H28N5O3P/c1-6-19(28)15-13-24-20(23)11-17(15)25-16-10-8-9-14(22(16)30-3)18-12-21(31(4,5)29)27(7-2)26-18/h8-13H,6-7H2,1-5H3,(H3,23,24,25). The van der Waals surface area contributed by atoms with Crippen LogP contribution in [0.15, 0.2) is 36.5 Å². The summed E-state index contributed by atoms with van der Waals surface area (Å²) in [6.07, 6.45) is 1.83. The molecule has 9 heteroatoms. The molecular formula is C22H28N5O3P. The molecule has 3 rings (SSSR count). The van der Waals surface area contributed by atoms with Crippen LogP contribution in [0.5, 0.6) is 5.75 Å². The molecule has 0 amide bonds. The van der Waals surface area contributed by atoms with Gasteiger partial charge in [-0.05, 0) is 38.5 Å². The second-order valence-electron chi connectivity index (χ2n) is 7.50. The first-order valence-electron chi connectivity index (χ1n) is 10.1. The number of benzene rings is 1. The second kappa shape index (κ2) is 8.94. The predicted molar refractivity (Wildman–Crippen MR) is 126 cm³/mol. The number of aryl methyl sites for hydroxylation is 1. The Balaban J connectivity index is 2.11. The molecule has 0 unspecified atom stereocenters. The fourth-order valence-electron chi connectivity index (χ4n) is 3.39. The number of ether oxygens (including phenoxy) is 1. The average molecular weight is 441 g/mol. The summed E-state index contributed by atoms with van der Waals surface area (Å²) in [7, 11) is -0.928. The molecule has 2 heterocycles. The van der Waals surface area contributed by atoms with E-state index in [1.807, 2.05) is 31.2 Å². The number of hydrogen-bond acceptors (Lipinski definition) is 7. The van der Waals surface area contributed by atoms with Gasteiger partial charge in [0.2, 0.25) is 0 Å². The van der Waals surface area contributed by atoms with Crippen LogP contribution >= 0.6 is 7.14 Å². The number of pyridine rings is 1. The molecule has 31 heavy (non-hydrogen) atoms. The van der Waals surface area contributed by atoms with Gasteiger partial charge < -0.3 is 20.4 Å². The first-order valence-corrected chi connectivity index (χ1v) is 12.7. The number of nitrogen functional groups attached to an aromatic ring is 1. The maximum absolute atomic E-state index is 12.7. The molecule has 164 valence electrons. The minimum Gasteiger partial charge on any atom is -0.494 e. The van der Waals surface area contributed by atoms with Crippen LogP contribution in [0.3, 0.4) is 0 Å². The van der Waals surface area contributed by atoms with E-state index >= 15 is 0 Å². The van der Waals surface area contributed by atoms with E-state index in [2.05, 4.69) is 15.4 Å². The van der Waals surface area contributed by atoms with Crippen LogP contribution in [0.4, 0.5) is 17.2 Å². The monoisotopic (exact) mass is 441 g/mol. The first-order chi connectivity index (χ1) is 14.7. The highest BCUT2D eigenvalue weighted by atomic mass is 31.2. The molecule has 2 aromatic heterocycles. The molecule has 0 aliphatic rings. The van der Waals surface area contributed by atoms with E-state index in [9.17, 15) is 9.36 Å². The van der Waals surface area contributed by atoms with Crippen molar-refractivity contribution in [3.05, 3.63) is 42.1 Å². The Hall–Kier alpha value is -3.12. The number of hydrogen-bond donors (Lipinski definition) is 2. The topological polar surface area (TPSA) is 112 Å². The van der Waals surface area contributed by atoms with Crippen molar-refractivity contribution in [2.45, 2.75) is 26.8 Å². The van der Waals surface area contributed by atoms with Crippen molar-refractivity contribution in [3.8, 4) is 17.0 Å². The SMILES string of the molecule is CCC(=O)c1cnc(N)cc1Nc1cccc(-c2cc(P(C)(C)=O)n(CC)n2)c1OC. The number of para-hydroxylation sites is 1. The van der Waals surface area contributed by atoms with E-state index in [1.54, 1.807) is 38.1 Å². The van der Waals surface area contributed by atoms with Crippen LogP contribution in [0.2, 0.25) is 0 Å². The summed E-state index contributed by atoms with van der Waals surface area (Å²) in [6, 6.07) is 9.09. The number of rotatable bonds is 8. The number of methoxy groups -OCH3 is 1. The van der Waals surface area contributed by atoms with Crippen molar-refractivity contribution in [3.63, 3.8) is 0 Å². The zero-order chi connectivity index (χ0) is 22.8. The zero-order valence-corrected chi connectivity index (χ0v) is 19.4. The van der Waals surface area contributed by atoms with Crippen molar-refractivity contribution >= 4 is 35.6 Å². The number of carbonyl (C=O) groups is 1. The van der Waals surface area contributed by atoms with Crippen LogP contribution in [0.1, 0.15) is 30.6 Å². The maximum Gasteiger partial charge on any atom is 0.166 e. The Kier molecular flexibility index (Phi) is 6.51. The third kappa shape index (κ3) is 4.64. The van der Waals surface area contributed by atoms with Gasteiger partial charge in [0, 0.05) is 30.8 Å². The molecule has 1 aromatic carbocycles. The third-order valence-electron chi connectivity index (χ3n) is 4.92. The van der Waals surface area contributed by atoms with Gasteiger partial charge in [0.15, 0.2) is 11.5 Å². The van der Waals surface area contributed by atoms with E-state index in [4.69, 9.17) is 10.5 Å². The summed E-state index contributed by atoms with van der Waals surface area (Å²) in [5.41, 5.74) is 9.65. The Morgan fingerprint density at radius 2 is 1.97 bits per heavy atom. The molecule has 0 radical (unpaired) electrons. The van der Waals surface area contributed by atoms with Gasteiger partial charge in [-0.25, -0.2) is 4.98 Å². The largest absolute Gasteiger partial charge is 0.494 e. The molecule has 0 aliphatic carbocycles. The summed E-state index contributed by atoms with van der Waals surface area (Å²) in [6.45, 7) is 7.83. The number of ketones is 1. The summed E-state index contributed by atoms with van der Waals surface area (Å²) in [5, 5.41) is 7.92. The fourth-order valence-corrected chi connectivity index (χ4v) is 4.57. The normalized spacial score (nSPS) is 11.4. The van der Waals surface area contributed by atoms with Crippen LogP contribution < -0.4 is 21.2 Å². The van der Waals surface area contributed by atoms with Gasteiger partial charge in [-0.1, -0.05) is 13.0 Å². The number of aromatic nitrogens is 3. The molecule has 8 nitrogen and oxygen atoms in total. The van der Waals surface area contributed by atoms with E-state index in [0.29, 0.717) is 52.6 Å². The van der Waals surface area contributed by atoms with Gasteiger partial charge >= 0.3 is 0 Å². The quantitative estimate of drug-likeness (QED) is 0.399. The lowest BCUT2D eigenvalue weighted by Crippen LogP contribution is -2.16. The minimum absolute atomic E-state index is 0.0434. The van der Waals surface area contributed by atoms with E-state index in [0.717, 1.165) is 5.56 Å². The number of nitrogens with one attached hydrogen (secondary N) is 1. The maximum atomic E-state index is 12.7. The minimum atomic E-state index is -2.50. The molecule has 0 saturated heterocycles. The van der Waals surface area contributed by atoms with Crippen molar-refractivity contribution in [1.82, 2.24) is 14.8 Å². The lowest BCUT2D eigenvalue weighted by molar-refractivity contribution is 0.0988. The van der Waals surface area contributed by atoms with E-state index in [1.165, 1.54) is 6.20 Å². The highest BCUT2D eigenvalue weighted by Gasteiger charge is 2.22. The van der Waals surface area contributed by atoms with Gasteiger partial charge in [0.1, 0.15) is 13.0 Å². The van der Waals surface area contributed by atoms with Gasteiger partial charge in [0.05, 0.1) is 35.2 Å². The van der Waals surface area contributed by atoms with Crippen molar-refractivity contribution in [2.75, 3.05) is 31.5 Å². The van der Waals surface area contributed by atoms with E-state index < -0.39 is 7.14 Å². The van der Waals surface area contributed by atoms with Crippen LogP contribution in [0, 0.1) is 0 Å². The fraction of sp³-hybridized carbons (Fsp3) is 0.318. The highest BCUT2D eigenvalue weighted by molar-refractivity contribution is 7.69. The molecule has 3 N–H and O–H groups in total. The molecule has 0 aliphatic heterocycles. The number of Topliss-reactive ketones (excluding diaryl/α,β-unsaturated/α-hetero) is 1. The Morgan fingerprint density at radius 1 is 1.23 bits per heavy atom. The highest BCUT2D eigenvalue weighted by Crippen LogP contribution is 2.40. The lowest BCUT2D eigenvalue weighted by Gasteiger charge is -2.16. The van der Waals surface area contributed by atoms with Crippen molar-refractivity contribution in [2.24, 2.45) is 0 Å². The number of nitrogens with zero attached hydrogens (tertiary/aromatic N) is 3. The number of carbonyl (C=O) groups excluding carboxylic acids is 1. The third-order valence-corrected chi connectivity index (χ3v) is 6.38. The molecule has 0 saturated carbocycles. The molecular weight excluding hydrogens is 413 g/mol. The Bertz CT molecular complexity index is 1170. The van der Waals surface area contributed by atoms with Crippen LogP contribution in [-0.4, -0.2) is 41.0 Å². The van der Waals surface area contributed by atoms with Crippen LogP contribution in [-0.2, 0) is 11.1 Å². The summed E-state index contributed by atoms with van der Waals surface area (Å²) in [4.78, 5) is 16.4. The molecule has 0 fully saturated rings. The van der Waals surface area contributed by atoms with Crippen molar-refractivity contribution in [1.29, 1.82) is 0 Å². The Labute approximate surface area is 182 Å². The van der Waals surface area contributed by atoms with Crippen LogP contribution in [0.25, 0.3) is 11.3 Å². The molecule has 0 spiro atoms. The predicted octanol–water partition coefficient (Wildman–Crippen LogP) is 4.14. The number of anilines is 3. The van der Waals surface area contributed by atoms with Gasteiger partial charge in [-0.3, -0.25) is 9.48 Å². The van der Waals surface area contributed by atoms with Gasteiger partial charge in [-0.15, -0.1) is 0 Å². The smallest absolute Gasteiger partial charge is 0.166 e. The van der Waals surface area contributed by atoms with Crippen molar-refractivity contribution < 1.29 is 14.1 Å². The first kappa shape index (κ1) is 22.6. The second-order valence-corrected chi connectivity index (χ2v) is 10.7. The molecule has 0 bridgehead atoms. The summed E-state index contributed by atoms with van der Waals surface area (Å²) in [5.74, 6) is 0.818. The zero-order valence-electron chi connectivity index (χ0n) is 18.5. The van der Waals surface area contributed by atoms with E-state index in [-0.39, 0.29) is 5.78 Å². The average Bonchev–Trinajstić information content (AvgIpc) is 3.18. The molecule has 0 atom stereocenters. The summed E-state index contributed by atoms with van der Waals surface area (Å²) < 4.78 is 20.2. The van der Waals surface area contributed by atoms with Gasteiger partial charge in [0.25, 0.3) is 0 Å².